The number of hydrogen-bond donors (Lipinski definition) is 2. The number of allylic oxidation sites excluding steroid dienone is 5. The van der Waals surface area contributed by atoms with E-state index in [0.29, 0.717) is 23.9 Å². The minimum atomic E-state index is -4.45. The second-order valence-electron chi connectivity index (χ2n) is 24.4. The highest BCUT2D eigenvalue weighted by Gasteiger charge is 2.30. The largest absolute Gasteiger partial charge is 0.472 e. The fourth-order valence-corrected chi connectivity index (χ4v) is 10.8. The SMILES string of the molecule is CCCCC/C=C/C=C/CCCCCCCCC(=O)NC(COP(=O)(O)OCC[N+](C)(C)C)C(/C=C\CCCCCCCCCCCC)OC(=O)CCCCCCCCCCCCCCCCCCCCCCCCCCC. The molecule has 0 heterocycles. The van der Waals surface area contributed by atoms with Crippen molar-refractivity contribution in [1.82, 2.24) is 5.32 Å². The van der Waals surface area contributed by atoms with Crippen molar-refractivity contribution >= 4 is 19.7 Å². The van der Waals surface area contributed by atoms with Crippen LogP contribution in [0.2, 0.25) is 0 Å². The molecule has 0 rings (SSSR count). The molecule has 0 aliphatic heterocycles. The third kappa shape index (κ3) is 58.9. The summed E-state index contributed by atoms with van der Waals surface area (Å²) in [4.78, 5) is 37.8. The van der Waals surface area contributed by atoms with Crippen LogP contribution >= 0.6 is 7.82 Å². The molecular weight excluding hydrogens is 988 g/mol. The maximum Gasteiger partial charge on any atom is 0.472 e. The van der Waals surface area contributed by atoms with Gasteiger partial charge >= 0.3 is 13.8 Å². The topological polar surface area (TPSA) is 111 Å². The van der Waals surface area contributed by atoms with Crippen molar-refractivity contribution in [2.45, 2.75) is 348 Å². The number of likely N-dealkylation sites (N-methyl/N-ethyl adjacent to an activating group) is 1. The van der Waals surface area contributed by atoms with Gasteiger partial charge in [0.25, 0.3) is 0 Å². The fraction of sp³-hybridized carbons (Fsp3) is 0.882. The number of esters is 1. The molecule has 2 N–H and O–H groups in total. The van der Waals surface area contributed by atoms with Gasteiger partial charge in [0.15, 0.2) is 0 Å². The summed E-state index contributed by atoms with van der Waals surface area (Å²) in [5.74, 6) is -0.503. The number of phosphoric acid groups is 1. The molecule has 78 heavy (non-hydrogen) atoms. The molecule has 0 spiro atoms. The summed E-state index contributed by atoms with van der Waals surface area (Å²) >= 11 is 0. The summed E-state index contributed by atoms with van der Waals surface area (Å²) in [5, 5.41) is 3.06. The Bertz CT molecular complexity index is 1430. The van der Waals surface area contributed by atoms with Crippen LogP contribution in [0.15, 0.2) is 36.5 Å². The first-order chi connectivity index (χ1) is 37.9. The van der Waals surface area contributed by atoms with E-state index in [1.807, 2.05) is 33.3 Å². The lowest BCUT2D eigenvalue weighted by molar-refractivity contribution is -0.870. The zero-order chi connectivity index (χ0) is 57.2. The number of ether oxygens (including phenoxy) is 1. The summed E-state index contributed by atoms with van der Waals surface area (Å²) in [6, 6.07) is -0.851. The van der Waals surface area contributed by atoms with Gasteiger partial charge in [-0.15, -0.1) is 0 Å². The second-order valence-corrected chi connectivity index (χ2v) is 25.8. The van der Waals surface area contributed by atoms with E-state index in [0.717, 1.165) is 77.0 Å². The van der Waals surface area contributed by atoms with Crippen LogP contribution in [0.25, 0.3) is 0 Å². The molecule has 0 aliphatic rings. The van der Waals surface area contributed by atoms with Crippen molar-refractivity contribution in [3.8, 4) is 0 Å². The van der Waals surface area contributed by atoms with E-state index >= 15 is 0 Å². The highest BCUT2D eigenvalue weighted by molar-refractivity contribution is 7.47. The Hall–Kier alpha value is -1.77. The van der Waals surface area contributed by atoms with Crippen LogP contribution in [0.4, 0.5) is 0 Å². The van der Waals surface area contributed by atoms with Crippen LogP contribution < -0.4 is 5.32 Å². The first-order valence-electron chi connectivity index (χ1n) is 33.8. The number of unbranched alkanes of at least 4 members (excludes halogenated alkanes) is 43. The van der Waals surface area contributed by atoms with Crippen LogP contribution in [0, 0.1) is 0 Å². The number of carbonyl (C=O) groups excluding carboxylic acids is 2. The molecular formula is C68H132N2O7P+. The standard InChI is InChI=1S/C68H131N2O7P/c1-7-10-13-16-19-22-25-28-30-31-32-33-34-35-36-37-38-39-41-43-46-49-52-55-58-61-68(72)77-66(59-56-53-50-47-44-27-24-21-18-15-12-9-3)65(64-76-78(73,74)75-63-62-70(4,5)6)69-67(71)60-57-54-51-48-45-42-40-29-26-23-20-17-14-11-8-2/h20,23,26,29,56,59,65-66H,7-19,21-22,24-25,27-28,30-55,57-58,60-64H2,1-6H3,(H-,69,71,73,74)/p+1/b23-20+,29-26+,59-56-. The van der Waals surface area contributed by atoms with Crippen LogP contribution in [0.1, 0.15) is 335 Å². The fourth-order valence-electron chi connectivity index (χ4n) is 10.1. The maximum absolute atomic E-state index is 13.5. The van der Waals surface area contributed by atoms with Crippen LogP contribution in [-0.2, 0) is 27.9 Å². The average molecular weight is 1120 g/mol. The van der Waals surface area contributed by atoms with Crippen LogP contribution in [-0.4, -0.2) is 74.3 Å². The van der Waals surface area contributed by atoms with Crippen molar-refractivity contribution < 1.29 is 37.3 Å². The van der Waals surface area contributed by atoms with Gasteiger partial charge in [-0.2, -0.15) is 0 Å². The number of nitrogens with one attached hydrogen (secondary N) is 1. The molecule has 0 aliphatic carbocycles. The smallest absolute Gasteiger partial charge is 0.456 e. The summed E-state index contributed by atoms with van der Waals surface area (Å²) in [5.41, 5.74) is 0. The van der Waals surface area contributed by atoms with E-state index < -0.39 is 20.0 Å². The van der Waals surface area contributed by atoms with Crippen molar-refractivity contribution in [2.24, 2.45) is 0 Å². The molecule has 0 fully saturated rings. The van der Waals surface area contributed by atoms with Gasteiger partial charge in [-0.05, 0) is 57.4 Å². The molecule has 0 radical (unpaired) electrons. The van der Waals surface area contributed by atoms with Gasteiger partial charge < -0.3 is 19.4 Å². The van der Waals surface area contributed by atoms with Gasteiger partial charge in [-0.1, -0.05) is 302 Å². The number of carbonyl (C=O) groups is 2. The number of nitrogens with zero attached hydrogens (tertiary/aromatic N) is 1. The number of quaternary nitrogens is 1. The van der Waals surface area contributed by atoms with Gasteiger partial charge in [0, 0.05) is 12.8 Å². The predicted molar refractivity (Wildman–Crippen MR) is 337 cm³/mol. The maximum atomic E-state index is 13.5. The molecule has 460 valence electrons. The molecule has 0 saturated heterocycles. The summed E-state index contributed by atoms with van der Waals surface area (Å²) in [6.07, 6.45) is 71.6. The van der Waals surface area contributed by atoms with E-state index in [1.54, 1.807) is 0 Å². The first kappa shape index (κ1) is 76.2. The lowest BCUT2D eigenvalue weighted by atomic mass is 10.0. The van der Waals surface area contributed by atoms with Gasteiger partial charge in [0.1, 0.15) is 19.3 Å². The summed E-state index contributed by atoms with van der Waals surface area (Å²) in [6.45, 7) is 7.02. The zero-order valence-corrected chi connectivity index (χ0v) is 53.6. The van der Waals surface area contributed by atoms with E-state index in [-0.39, 0.29) is 25.1 Å². The quantitative estimate of drug-likeness (QED) is 0.0156. The highest BCUT2D eigenvalue weighted by Crippen LogP contribution is 2.43. The Balaban J connectivity index is 5.04. The molecule has 10 heteroatoms. The Morgan fingerprint density at radius 2 is 0.769 bits per heavy atom. The Kier molecular flexibility index (Phi) is 57.1. The molecule has 3 atom stereocenters. The van der Waals surface area contributed by atoms with Crippen LogP contribution in [0.3, 0.4) is 0 Å². The van der Waals surface area contributed by atoms with Crippen LogP contribution in [0.5, 0.6) is 0 Å². The van der Waals surface area contributed by atoms with E-state index in [9.17, 15) is 19.0 Å². The van der Waals surface area contributed by atoms with Crippen molar-refractivity contribution in [3.05, 3.63) is 36.5 Å². The minimum Gasteiger partial charge on any atom is -0.456 e. The molecule has 1 amide bonds. The minimum absolute atomic E-state index is 0.0400. The molecule has 0 aromatic carbocycles. The summed E-state index contributed by atoms with van der Waals surface area (Å²) < 4.78 is 30.7. The molecule has 9 nitrogen and oxygen atoms in total. The zero-order valence-electron chi connectivity index (χ0n) is 52.7. The lowest BCUT2D eigenvalue weighted by Gasteiger charge is -2.27. The normalized spacial score (nSPS) is 13.8. The van der Waals surface area contributed by atoms with Gasteiger partial charge in [-0.25, -0.2) is 4.57 Å². The number of hydrogen-bond acceptors (Lipinski definition) is 6. The monoisotopic (exact) mass is 1120 g/mol. The second kappa shape index (κ2) is 58.4. The lowest BCUT2D eigenvalue weighted by Crippen LogP contribution is -2.47. The average Bonchev–Trinajstić information content (AvgIpc) is 3.40. The van der Waals surface area contributed by atoms with Gasteiger partial charge in [0.05, 0.1) is 33.8 Å². The van der Waals surface area contributed by atoms with E-state index in [1.165, 1.54) is 225 Å². The Labute approximate surface area is 485 Å². The number of rotatable bonds is 62. The van der Waals surface area contributed by atoms with Gasteiger partial charge in [0.2, 0.25) is 5.91 Å². The van der Waals surface area contributed by atoms with E-state index in [2.05, 4.69) is 50.4 Å². The third-order valence-electron chi connectivity index (χ3n) is 15.4. The molecule has 0 aromatic rings. The van der Waals surface area contributed by atoms with E-state index in [4.69, 9.17) is 13.8 Å². The number of phosphoric ester groups is 1. The van der Waals surface area contributed by atoms with Crippen molar-refractivity contribution in [1.29, 1.82) is 0 Å². The Morgan fingerprint density at radius 1 is 0.449 bits per heavy atom. The third-order valence-corrected chi connectivity index (χ3v) is 16.3. The Morgan fingerprint density at radius 3 is 1.15 bits per heavy atom. The molecule has 0 bridgehead atoms. The van der Waals surface area contributed by atoms with Gasteiger partial charge in [-0.3, -0.25) is 18.6 Å². The molecule has 3 unspecified atom stereocenters. The highest BCUT2D eigenvalue weighted by atomic mass is 31.2. The predicted octanol–water partition coefficient (Wildman–Crippen LogP) is 21.1. The number of amides is 1. The summed E-state index contributed by atoms with van der Waals surface area (Å²) in [7, 11) is 1.50. The van der Waals surface area contributed by atoms with Crippen molar-refractivity contribution in [2.75, 3.05) is 40.9 Å². The molecule has 0 saturated carbocycles. The molecule has 0 aromatic heterocycles. The van der Waals surface area contributed by atoms with Crippen molar-refractivity contribution in [3.63, 3.8) is 0 Å². The first-order valence-corrected chi connectivity index (χ1v) is 35.3.